The molecular formula is C9H11NS3. The van der Waals surface area contributed by atoms with E-state index in [-0.39, 0.29) is 0 Å². The molecule has 0 saturated carbocycles. The summed E-state index contributed by atoms with van der Waals surface area (Å²) in [5, 5.41) is 1.22. The Labute approximate surface area is 92.7 Å². The zero-order chi connectivity index (χ0) is 9.10. The van der Waals surface area contributed by atoms with Crippen molar-refractivity contribution in [2.45, 2.75) is 4.90 Å². The normalized spacial score (nSPS) is 17.5. The topological polar surface area (TPSA) is 3.24 Å². The summed E-state index contributed by atoms with van der Waals surface area (Å²) in [5.74, 6) is 2.20. The second-order valence-corrected chi connectivity index (χ2v) is 5.64. The minimum absolute atomic E-state index is 1.04. The van der Waals surface area contributed by atoms with Gasteiger partial charge in [0.05, 0.1) is 11.8 Å². The number of hydrogen-bond donors (Lipinski definition) is 1. The highest BCUT2D eigenvalue weighted by molar-refractivity contribution is 8.16. The molecule has 2 rings (SSSR count). The summed E-state index contributed by atoms with van der Waals surface area (Å²) < 4.78 is 0. The molecular weight excluding hydrogens is 218 g/mol. The molecule has 4 heteroatoms. The molecule has 1 heterocycles. The number of nitrogens with zero attached hydrogens (tertiary/aromatic N) is 1. The van der Waals surface area contributed by atoms with Crippen LogP contribution in [0.25, 0.3) is 0 Å². The van der Waals surface area contributed by atoms with Crippen molar-refractivity contribution in [2.75, 3.05) is 21.7 Å². The van der Waals surface area contributed by atoms with Gasteiger partial charge in [-0.15, -0.1) is 36.2 Å². The van der Waals surface area contributed by atoms with Crippen molar-refractivity contribution in [3.8, 4) is 0 Å². The van der Waals surface area contributed by atoms with E-state index in [9.17, 15) is 0 Å². The molecule has 0 radical (unpaired) electrons. The van der Waals surface area contributed by atoms with Crippen molar-refractivity contribution in [3.05, 3.63) is 24.3 Å². The standard InChI is InChI=1S/C9H11NS3/c11-9-3-1-2-8(4-9)10-5-12-7-13-6-10/h1-4,11H,5-7H2. The summed E-state index contributed by atoms with van der Waals surface area (Å²) in [5.41, 5.74) is 1.28. The van der Waals surface area contributed by atoms with Gasteiger partial charge in [0.1, 0.15) is 0 Å². The third kappa shape index (κ3) is 2.51. The fourth-order valence-electron chi connectivity index (χ4n) is 1.23. The fourth-order valence-corrected chi connectivity index (χ4v) is 3.55. The number of thiol groups is 1. The van der Waals surface area contributed by atoms with Gasteiger partial charge in [0, 0.05) is 15.7 Å². The third-order valence-electron chi connectivity index (χ3n) is 1.86. The van der Waals surface area contributed by atoms with E-state index in [2.05, 4.69) is 35.7 Å². The van der Waals surface area contributed by atoms with Gasteiger partial charge in [0.25, 0.3) is 0 Å². The molecule has 1 nitrogen and oxygen atoms in total. The highest BCUT2D eigenvalue weighted by Gasteiger charge is 2.10. The number of hydrogen-bond acceptors (Lipinski definition) is 4. The van der Waals surface area contributed by atoms with Crippen LogP contribution in [0.2, 0.25) is 0 Å². The lowest BCUT2D eigenvalue weighted by Crippen LogP contribution is -2.25. The van der Waals surface area contributed by atoms with Gasteiger partial charge in [-0.25, -0.2) is 0 Å². The molecule has 0 atom stereocenters. The molecule has 1 aliphatic rings. The monoisotopic (exact) mass is 229 g/mol. The van der Waals surface area contributed by atoms with E-state index < -0.39 is 0 Å². The molecule has 0 spiro atoms. The molecule has 1 aliphatic heterocycles. The lowest BCUT2D eigenvalue weighted by Gasteiger charge is -2.27. The summed E-state index contributed by atoms with van der Waals surface area (Å²) in [6.45, 7) is 0. The summed E-state index contributed by atoms with van der Waals surface area (Å²) in [7, 11) is 0. The molecule has 0 unspecified atom stereocenters. The fraction of sp³-hybridized carbons (Fsp3) is 0.333. The van der Waals surface area contributed by atoms with Crippen LogP contribution in [0.5, 0.6) is 0 Å². The van der Waals surface area contributed by atoms with Crippen LogP contribution in [-0.4, -0.2) is 16.8 Å². The van der Waals surface area contributed by atoms with Crippen LogP contribution in [0.3, 0.4) is 0 Å². The Morgan fingerprint density at radius 1 is 1.23 bits per heavy atom. The van der Waals surface area contributed by atoms with Gasteiger partial charge < -0.3 is 4.90 Å². The van der Waals surface area contributed by atoms with Gasteiger partial charge in [-0.1, -0.05) is 6.07 Å². The zero-order valence-corrected chi connectivity index (χ0v) is 9.67. The van der Waals surface area contributed by atoms with Gasteiger partial charge in [0.15, 0.2) is 0 Å². The van der Waals surface area contributed by atoms with Gasteiger partial charge in [-0.05, 0) is 18.2 Å². The van der Waals surface area contributed by atoms with Crippen LogP contribution in [0.15, 0.2) is 29.2 Å². The van der Waals surface area contributed by atoms with Crippen molar-refractivity contribution in [1.29, 1.82) is 0 Å². The lowest BCUT2D eigenvalue weighted by atomic mass is 10.3. The second-order valence-electron chi connectivity index (χ2n) is 2.84. The summed E-state index contributed by atoms with van der Waals surface area (Å²) in [6, 6.07) is 8.33. The Morgan fingerprint density at radius 2 is 2.00 bits per heavy atom. The minimum Gasteiger partial charge on any atom is -0.353 e. The molecule has 70 valence electrons. The number of rotatable bonds is 1. The van der Waals surface area contributed by atoms with E-state index in [0.717, 1.165) is 16.6 Å². The second kappa shape index (κ2) is 4.53. The Bertz CT molecular complexity index is 284. The highest BCUT2D eigenvalue weighted by atomic mass is 32.2. The molecule has 1 aromatic rings. The lowest BCUT2D eigenvalue weighted by molar-refractivity contribution is 1.05. The van der Waals surface area contributed by atoms with Crippen LogP contribution >= 0.6 is 36.2 Å². The molecule has 0 bridgehead atoms. The van der Waals surface area contributed by atoms with Gasteiger partial charge in [-0.3, -0.25) is 0 Å². The first kappa shape index (κ1) is 9.62. The quantitative estimate of drug-likeness (QED) is 0.738. The van der Waals surface area contributed by atoms with Crippen molar-refractivity contribution < 1.29 is 0 Å². The van der Waals surface area contributed by atoms with E-state index >= 15 is 0 Å². The van der Waals surface area contributed by atoms with Crippen molar-refractivity contribution >= 4 is 41.8 Å². The average Bonchev–Trinajstić information content (AvgIpc) is 2.19. The van der Waals surface area contributed by atoms with E-state index in [1.165, 1.54) is 10.8 Å². The summed E-state index contributed by atoms with van der Waals surface area (Å²) in [4.78, 5) is 3.41. The van der Waals surface area contributed by atoms with Gasteiger partial charge in [-0.2, -0.15) is 0 Å². The Balaban J connectivity index is 2.14. The molecule has 1 fully saturated rings. The van der Waals surface area contributed by atoms with Crippen LogP contribution in [-0.2, 0) is 0 Å². The van der Waals surface area contributed by atoms with Crippen LogP contribution in [0, 0.1) is 0 Å². The Hall–Kier alpha value is 0.0700. The highest BCUT2D eigenvalue weighted by Crippen LogP contribution is 2.28. The largest absolute Gasteiger partial charge is 0.353 e. The molecule has 0 aromatic heterocycles. The Kier molecular flexibility index (Phi) is 3.35. The molecule has 0 aliphatic carbocycles. The van der Waals surface area contributed by atoms with Gasteiger partial charge in [0.2, 0.25) is 0 Å². The zero-order valence-electron chi connectivity index (χ0n) is 7.14. The molecule has 13 heavy (non-hydrogen) atoms. The smallest absolute Gasteiger partial charge is 0.0656 e. The first-order valence-electron chi connectivity index (χ1n) is 4.06. The maximum absolute atomic E-state index is 4.33. The number of thioether (sulfide) groups is 2. The first-order valence-corrected chi connectivity index (χ1v) is 6.81. The van der Waals surface area contributed by atoms with E-state index in [4.69, 9.17) is 0 Å². The maximum atomic E-state index is 4.33. The van der Waals surface area contributed by atoms with Crippen molar-refractivity contribution in [2.24, 2.45) is 0 Å². The SMILES string of the molecule is Sc1cccc(N2CSCSC2)c1. The van der Waals surface area contributed by atoms with E-state index in [0.29, 0.717) is 0 Å². The predicted octanol–water partition coefficient (Wildman–Crippen LogP) is 3.13. The molecule has 1 aromatic carbocycles. The summed E-state index contributed by atoms with van der Waals surface area (Å²) >= 11 is 8.27. The molecule has 0 amide bonds. The van der Waals surface area contributed by atoms with Crippen molar-refractivity contribution in [1.82, 2.24) is 0 Å². The average molecular weight is 229 g/mol. The van der Waals surface area contributed by atoms with E-state index in [1.54, 1.807) is 0 Å². The maximum Gasteiger partial charge on any atom is 0.0656 e. The van der Waals surface area contributed by atoms with Crippen molar-refractivity contribution in [3.63, 3.8) is 0 Å². The first-order chi connectivity index (χ1) is 6.36. The molecule has 0 N–H and O–H groups in total. The number of benzene rings is 1. The van der Waals surface area contributed by atoms with E-state index in [1.807, 2.05) is 29.6 Å². The van der Waals surface area contributed by atoms with Gasteiger partial charge >= 0.3 is 0 Å². The predicted molar refractivity (Wildman–Crippen MR) is 66.0 cm³/mol. The summed E-state index contributed by atoms with van der Waals surface area (Å²) in [6.07, 6.45) is 0. The molecule has 1 saturated heterocycles. The Morgan fingerprint density at radius 3 is 2.69 bits per heavy atom. The number of anilines is 1. The van der Waals surface area contributed by atoms with Crippen LogP contribution in [0.1, 0.15) is 0 Å². The van der Waals surface area contributed by atoms with Crippen LogP contribution < -0.4 is 4.90 Å². The van der Waals surface area contributed by atoms with Crippen LogP contribution in [0.4, 0.5) is 5.69 Å². The minimum atomic E-state index is 1.04. The third-order valence-corrected chi connectivity index (χ3v) is 4.46.